The van der Waals surface area contributed by atoms with Crippen molar-refractivity contribution >= 4 is 17.3 Å². The summed E-state index contributed by atoms with van der Waals surface area (Å²) in [5.74, 6) is 0.913. The Hall–Kier alpha value is -1.51. The van der Waals surface area contributed by atoms with E-state index in [1.807, 2.05) is 38.2 Å². The molecular formula is C13H18N2O. The highest BCUT2D eigenvalue weighted by atomic mass is 16.2. The highest BCUT2D eigenvalue weighted by Crippen LogP contribution is 2.37. The smallest absolute Gasteiger partial charge is 0.229 e. The van der Waals surface area contributed by atoms with E-state index >= 15 is 0 Å². The van der Waals surface area contributed by atoms with Crippen LogP contribution in [0.15, 0.2) is 24.3 Å². The SMILES string of the molecule is CC(C(=O)N(C)c1cccc(N)c1)C1CC1. The molecule has 0 spiro atoms. The van der Waals surface area contributed by atoms with Crippen LogP contribution in [0.1, 0.15) is 19.8 Å². The van der Waals surface area contributed by atoms with Crippen LogP contribution in [0.2, 0.25) is 0 Å². The van der Waals surface area contributed by atoms with E-state index in [2.05, 4.69) is 0 Å². The van der Waals surface area contributed by atoms with Gasteiger partial charge in [0.1, 0.15) is 0 Å². The van der Waals surface area contributed by atoms with Gasteiger partial charge in [0.05, 0.1) is 0 Å². The first-order chi connectivity index (χ1) is 7.59. The summed E-state index contributed by atoms with van der Waals surface area (Å²) in [4.78, 5) is 13.8. The zero-order chi connectivity index (χ0) is 11.7. The minimum absolute atomic E-state index is 0.131. The normalized spacial score (nSPS) is 16.9. The van der Waals surface area contributed by atoms with Crippen molar-refractivity contribution in [3.05, 3.63) is 24.3 Å². The fourth-order valence-corrected chi connectivity index (χ4v) is 1.96. The molecule has 0 radical (unpaired) electrons. The third-order valence-electron chi connectivity index (χ3n) is 3.31. The van der Waals surface area contributed by atoms with Gasteiger partial charge in [-0.3, -0.25) is 4.79 Å². The summed E-state index contributed by atoms with van der Waals surface area (Å²) >= 11 is 0. The van der Waals surface area contributed by atoms with Crippen LogP contribution >= 0.6 is 0 Å². The third-order valence-corrected chi connectivity index (χ3v) is 3.31. The van der Waals surface area contributed by atoms with Crippen LogP contribution in [0.3, 0.4) is 0 Å². The number of carbonyl (C=O) groups excluding carboxylic acids is 1. The molecule has 1 fully saturated rings. The van der Waals surface area contributed by atoms with Gasteiger partial charge < -0.3 is 10.6 Å². The quantitative estimate of drug-likeness (QED) is 0.791. The first-order valence-electron chi connectivity index (χ1n) is 5.72. The van der Waals surface area contributed by atoms with Gasteiger partial charge in [0.25, 0.3) is 0 Å². The Morgan fingerprint density at radius 1 is 1.50 bits per heavy atom. The molecule has 1 saturated carbocycles. The largest absolute Gasteiger partial charge is 0.399 e. The maximum atomic E-state index is 12.1. The minimum Gasteiger partial charge on any atom is -0.399 e. The number of amides is 1. The van der Waals surface area contributed by atoms with Crippen LogP contribution in [0.5, 0.6) is 0 Å². The lowest BCUT2D eigenvalue weighted by Crippen LogP contribution is -2.32. The predicted octanol–water partition coefficient (Wildman–Crippen LogP) is 2.28. The van der Waals surface area contributed by atoms with E-state index in [-0.39, 0.29) is 11.8 Å². The molecule has 16 heavy (non-hydrogen) atoms. The van der Waals surface area contributed by atoms with E-state index in [4.69, 9.17) is 5.73 Å². The molecule has 3 heteroatoms. The van der Waals surface area contributed by atoms with Crippen LogP contribution in [0.4, 0.5) is 11.4 Å². The third kappa shape index (κ3) is 2.18. The molecule has 0 saturated heterocycles. The van der Waals surface area contributed by atoms with Gasteiger partial charge >= 0.3 is 0 Å². The second-order valence-electron chi connectivity index (χ2n) is 4.62. The Labute approximate surface area is 96.2 Å². The van der Waals surface area contributed by atoms with E-state index in [0.29, 0.717) is 11.6 Å². The summed E-state index contributed by atoms with van der Waals surface area (Å²) in [7, 11) is 1.82. The van der Waals surface area contributed by atoms with Crippen molar-refractivity contribution in [1.29, 1.82) is 0 Å². The Morgan fingerprint density at radius 3 is 2.75 bits per heavy atom. The standard InChI is InChI=1S/C13H18N2O/c1-9(10-6-7-10)13(16)15(2)12-5-3-4-11(14)8-12/h3-5,8-10H,6-7,14H2,1-2H3. The average molecular weight is 218 g/mol. The van der Waals surface area contributed by atoms with Crippen molar-refractivity contribution in [2.75, 3.05) is 17.7 Å². The summed E-state index contributed by atoms with van der Waals surface area (Å²) in [5.41, 5.74) is 7.27. The average Bonchev–Trinajstić information content (AvgIpc) is 3.10. The van der Waals surface area contributed by atoms with Gasteiger partial charge in [-0.25, -0.2) is 0 Å². The van der Waals surface area contributed by atoms with Crippen molar-refractivity contribution in [3.8, 4) is 0 Å². The number of benzene rings is 1. The summed E-state index contributed by atoms with van der Waals surface area (Å²) < 4.78 is 0. The monoisotopic (exact) mass is 218 g/mol. The van der Waals surface area contributed by atoms with Gasteiger partial charge in [0.2, 0.25) is 5.91 Å². The van der Waals surface area contributed by atoms with Gasteiger partial charge in [-0.1, -0.05) is 13.0 Å². The second-order valence-corrected chi connectivity index (χ2v) is 4.62. The maximum Gasteiger partial charge on any atom is 0.229 e. The van der Waals surface area contributed by atoms with Gasteiger partial charge in [-0.2, -0.15) is 0 Å². The molecule has 1 aliphatic carbocycles. The molecule has 0 bridgehead atoms. The van der Waals surface area contributed by atoms with Crippen LogP contribution in [-0.2, 0) is 4.79 Å². The number of rotatable bonds is 3. The fraction of sp³-hybridized carbons (Fsp3) is 0.462. The minimum atomic E-state index is 0.131. The lowest BCUT2D eigenvalue weighted by atomic mass is 10.0. The molecule has 2 N–H and O–H groups in total. The summed E-state index contributed by atoms with van der Waals surface area (Å²) in [6, 6.07) is 7.44. The molecule has 86 valence electrons. The molecule has 1 amide bonds. The number of nitrogens with two attached hydrogens (primary N) is 1. The van der Waals surface area contributed by atoms with E-state index in [1.165, 1.54) is 12.8 Å². The Bertz CT molecular complexity index is 399. The van der Waals surface area contributed by atoms with E-state index in [1.54, 1.807) is 4.90 Å². The molecule has 1 atom stereocenters. The Morgan fingerprint density at radius 2 is 2.19 bits per heavy atom. The fourth-order valence-electron chi connectivity index (χ4n) is 1.96. The Balaban J connectivity index is 2.11. The van der Waals surface area contributed by atoms with Crippen LogP contribution in [-0.4, -0.2) is 13.0 Å². The van der Waals surface area contributed by atoms with Gasteiger partial charge in [-0.05, 0) is 37.0 Å². The van der Waals surface area contributed by atoms with Crippen molar-refractivity contribution in [1.82, 2.24) is 0 Å². The number of nitrogens with zero attached hydrogens (tertiary/aromatic N) is 1. The number of hydrogen-bond donors (Lipinski definition) is 1. The lowest BCUT2D eigenvalue weighted by molar-refractivity contribution is -0.122. The summed E-state index contributed by atoms with van der Waals surface area (Å²) in [6.07, 6.45) is 2.38. The zero-order valence-electron chi connectivity index (χ0n) is 9.81. The van der Waals surface area contributed by atoms with Crippen molar-refractivity contribution in [2.24, 2.45) is 11.8 Å². The number of nitrogen functional groups attached to an aromatic ring is 1. The molecular weight excluding hydrogens is 200 g/mol. The van der Waals surface area contributed by atoms with E-state index in [0.717, 1.165) is 5.69 Å². The molecule has 1 unspecified atom stereocenters. The van der Waals surface area contributed by atoms with Crippen molar-refractivity contribution in [3.63, 3.8) is 0 Å². The van der Waals surface area contributed by atoms with E-state index < -0.39 is 0 Å². The first-order valence-corrected chi connectivity index (χ1v) is 5.72. The molecule has 1 aromatic carbocycles. The van der Waals surface area contributed by atoms with Gasteiger partial charge in [-0.15, -0.1) is 0 Å². The van der Waals surface area contributed by atoms with Crippen LogP contribution in [0.25, 0.3) is 0 Å². The molecule has 1 aliphatic rings. The second kappa shape index (κ2) is 4.16. The molecule has 0 aliphatic heterocycles. The molecule has 0 aromatic heterocycles. The number of anilines is 2. The van der Waals surface area contributed by atoms with Crippen molar-refractivity contribution in [2.45, 2.75) is 19.8 Å². The van der Waals surface area contributed by atoms with Gasteiger partial charge in [0, 0.05) is 24.3 Å². The molecule has 0 heterocycles. The number of carbonyl (C=O) groups is 1. The number of hydrogen-bond acceptors (Lipinski definition) is 2. The van der Waals surface area contributed by atoms with Crippen LogP contribution < -0.4 is 10.6 Å². The van der Waals surface area contributed by atoms with Crippen molar-refractivity contribution < 1.29 is 4.79 Å². The summed E-state index contributed by atoms with van der Waals surface area (Å²) in [6.45, 7) is 2.02. The molecule has 3 nitrogen and oxygen atoms in total. The predicted molar refractivity (Wildman–Crippen MR) is 66.2 cm³/mol. The Kier molecular flexibility index (Phi) is 2.86. The topological polar surface area (TPSA) is 46.3 Å². The highest BCUT2D eigenvalue weighted by Gasteiger charge is 2.34. The highest BCUT2D eigenvalue weighted by molar-refractivity contribution is 5.95. The van der Waals surface area contributed by atoms with Crippen LogP contribution in [0, 0.1) is 11.8 Å². The zero-order valence-corrected chi connectivity index (χ0v) is 9.81. The lowest BCUT2D eigenvalue weighted by Gasteiger charge is -2.21. The molecule has 2 rings (SSSR count). The molecule has 1 aromatic rings. The summed E-state index contributed by atoms with van der Waals surface area (Å²) in [5, 5.41) is 0. The van der Waals surface area contributed by atoms with Gasteiger partial charge in [0.15, 0.2) is 0 Å². The van der Waals surface area contributed by atoms with E-state index in [9.17, 15) is 4.79 Å². The maximum absolute atomic E-state index is 12.1. The first kappa shape index (κ1) is 11.0.